The van der Waals surface area contributed by atoms with Crippen LogP contribution in [0.3, 0.4) is 0 Å². The Bertz CT molecular complexity index is 552. The van der Waals surface area contributed by atoms with Crippen molar-refractivity contribution in [1.82, 2.24) is 20.0 Å². The number of aromatic nitrogens is 2. The fourth-order valence-corrected chi connectivity index (χ4v) is 3.29. The van der Waals surface area contributed by atoms with E-state index in [1.165, 1.54) is 0 Å². The fourth-order valence-electron chi connectivity index (χ4n) is 3.29. The van der Waals surface area contributed by atoms with E-state index in [0.717, 1.165) is 63.6 Å². The maximum atomic E-state index is 12.2. The molecule has 0 radical (unpaired) electrons. The molecule has 1 aromatic rings. The van der Waals surface area contributed by atoms with Gasteiger partial charge < -0.3 is 9.80 Å². The minimum absolute atomic E-state index is 0.0279. The molecular formula is C18H29N5O. The van der Waals surface area contributed by atoms with Gasteiger partial charge in [0.05, 0.1) is 12.2 Å². The first-order chi connectivity index (χ1) is 11.4. The van der Waals surface area contributed by atoms with Gasteiger partial charge in [0.15, 0.2) is 5.82 Å². The molecule has 0 bridgehead atoms. The van der Waals surface area contributed by atoms with E-state index in [1.54, 1.807) is 0 Å². The highest BCUT2D eigenvalue weighted by Gasteiger charge is 2.24. The van der Waals surface area contributed by atoms with Crippen molar-refractivity contribution in [2.24, 2.45) is 0 Å². The molecule has 2 aliphatic rings. The van der Waals surface area contributed by atoms with Crippen molar-refractivity contribution in [3.63, 3.8) is 0 Å². The Hall–Kier alpha value is -1.69. The van der Waals surface area contributed by atoms with Crippen LogP contribution in [0, 0.1) is 0 Å². The van der Waals surface area contributed by atoms with Gasteiger partial charge in [-0.1, -0.05) is 20.8 Å². The lowest BCUT2D eigenvalue weighted by atomic mass is 9.92. The quantitative estimate of drug-likeness (QED) is 0.840. The summed E-state index contributed by atoms with van der Waals surface area (Å²) in [5.74, 6) is 1.23. The third-order valence-corrected chi connectivity index (χ3v) is 4.93. The summed E-state index contributed by atoms with van der Waals surface area (Å²) in [4.78, 5) is 18.8. The summed E-state index contributed by atoms with van der Waals surface area (Å²) in [7, 11) is 0. The number of rotatable bonds is 3. The van der Waals surface area contributed by atoms with Crippen molar-refractivity contribution < 1.29 is 4.79 Å². The van der Waals surface area contributed by atoms with Crippen molar-refractivity contribution in [3.05, 3.63) is 17.8 Å². The summed E-state index contributed by atoms with van der Waals surface area (Å²) in [5, 5.41) is 8.78. The maximum Gasteiger partial charge on any atom is 0.236 e. The number of hydrogen-bond donors (Lipinski definition) is 0. The number of piperazine rings is 1. The highest BCUT2D eigenvalue weighted by molar-refractivity contribution is 5.78. The first-order valence-corrected chi connectivity index (χ1v) is 9.03. The van der Waals surface area contributed by atoms with Gasteiger partial charge in [0.25, 0.3) is 0 Å². The van der Waals surface area contributed by atoms with Gasteiger partial charge in [-0.2, -0.15) is 5.10 Å². The van der Waals surface area contributed by atoms with Crippen LogP contribution in [0.15, 0.2) is 12.1 Å². The van der Waals surface area contributed by atoms with Crippen molar-refractivity contribution in [1.29, 1.82) is 0 Å². The Kier molecular flexibility index (Phi) is 5.04. The molecule has 6 nitrogen and oxygen atoms in total. The van der Waals surface area contributed by atoms with Crippen molar-refractivity contribution in [2.45, 2.75) is 39.0 Å². The van der Waals surface area contributed by atoms with Crippen molar-refractivity contribution in [2.75, 3.05) is 50.7 Å². The van der Waals surface area contributed by atoms with Crippen LogP contribution in [0.4, 0.5) is 5.82 Å². The molecule has 1 amide bonds. The topological polar surface area (TPSA) is 52.6 Å². The number of hydrogen-bond acceptors (Lipinski definition) is 5. The summed E-state index contributed by atoms with van der Waals surface area (Å²) < 4.78 is 0. The molecular weight excluding hydrogens is 302 g/mol. The normalized spacial score (nSPS) is 19.8. The van der Waals surface area contributed by atoms with Crippen LogP contribution >= 0.6 is 0 Å². The second-order valence-electron chi connectivity index (χ2n) is 7.88. The van der Waals surface area contributed by atoms with Gasteiger partial charge in [-0.3, -0.25) is 9.69 Å². The van der Waals surface area contributed by atoms with Gasteiger partial charge in [0.1, 0.15) is 0 Å². The number of carbonyl (C=O) groups is 1. The van der Waals surface area contributed by atoms with Crippen molar-refractivity contribution in [3.8, 4) is 0 Å². The molecule has 2 saturated heterocycles. The Morgan fingerprint density at radius 1 is 1.00 bits per heavy atom. The molecule has 0 atom stereocenters. The van der Waals surface area contributed by atoms with Gasteiger partial charge in [-0.25, -0.2) is 0 Å². The van der Waals surface area contributed by atoms with Gasteiger partial charge in [0, 0.05) is 44.7 Å². The minimum atomic E-state index is 0.0279. The van der Waals surface area contributed by atoms with E-state index < -0.39 is 0 Å². The van der Waals surface area contributed by atoms with Crippen LogP contribution in [0.25, 0.3) is 0 Å². The van der Waals surface area contributed by atoms with Crippen LogP contribution in [0.1, 0.15) is 39.3 Å². The lowest BCUT2D eigenvalue weighted by Gasteiger charge is -2.35. The van der Waals surface area contributed by atoms with Crippen molar-refractivity contribution >= 4 is 11.7 Å². The molecule has 2 fully saturated rings. The highest BCUT2D eigenvalue weighted by atomic mass is 16.2. The predicted octanol–water partition coefficient (Wildman–Crippen LogP) is 1.52. The molecule has 2 aliphatic heterocycles. The summed E-state index contributed by atoms with van der Waals surface area (Å²) in [6, 6.07) is 4.14. The van der Waals surface area contributed by atoms with E-state index in [-0.39, 0.29) is 11.3 Å². The molecule has 0 N–H and O–H groups in total. The van der Waals surface area contributed by atoms with E-state index >= 15 is 0 Å². The SMILES string of the molecule is CC(C)(C)c1ccc(N2CCN(CC(=O)N3CCCC3)CC2)nn1. The van der Waals surface area contributed by atoms with Gasteiger partial charge in [0.2, 0.25) is 5.91 Å². The molecule has 3 rings (SSSR count). The van der Waals surface area contributed by atoms with Crippen LogP contribution in [0.5, 0.6) is 0 Å². The zero-order valence-corrected chi connectivity index (χ0v) is 15.2. The number of carbonyl (C=O) groups excluding carboxylic acids is 1. The third kappa shape index (κ3) is 4.04. The average molecular weight is 331 g/mol. The Morgan fingerprint density at radius 3 is 2.21 bits per heavy atom. The van der Waals surface area contributed by atoms with Gasteiger partial charge in [-0.05, 0) is 25.0 Å². The Morgan fingerprint density at radius 2 is 1.67 bits per heavy atom. The molecule has 24 heavy (non-hydrogen) atoms. The molecule has 0 saturated carbocycles. The predicted molar refractivity (Wildman–Crippen MR) is 95.2 cm³/mol. The number of anilines is 1. The van der Waals surface area contributed by atoms with Crippen LogP contribution in [-0.2, 0) is 10.2 Å². The molecule has 0 aromatic carbocycles. The number of amides is 1. The summed E-state index contributed by atoms with van der Waals surface area (Å²) in [6.07, 6.45) is 2.31. The molecule has 0 aliphatic carbocycles. The Balaban J connectivity index is 1.50. The second-order valence-corrected chi connectivity index (χ2v) is 7.88. The first kappa shape index (κ1) is 17.1. The zero-order chi connectivity index (χ0) is 17.2. The number of nitrogens with zero attached hydrogens (tertiary/aromatic N) is 5. The highest BCUT2D eigenvalue weighted by Crippen LogP contribution is 2.21. The standard InChI is InChI=1S/C18H29N5O/c1-18(2,3)15-6-7-16(20-19-15)22-12-10-21(11-13-22)14-17(24)23-8-4-5-9-23/h6-7H,4-5,8-14H2,1-3H3. The largest absolute Gasteiger partial charge is 0.353 e. The summed E-state index contributed by atoms with van der Waals surface area (Å²) in [5.41, 5.74) is 1.04. The third-order valence-electron chi connectivity index (χ3n) is 4.93. The molecule has 1 aromatic heterocycles. The summed E-state index contributed by atoms with van der Waals surface area (Å²) in [6.45, 7) is 12.5. The van der Waals surface area contributed by atoms with Crippen LogP contribution in [-0.4, -0.2) is 71.7 Å². The molecule has 3 heterocycles. The van der Waals surface area contributed by atoms with Gasteiger partial charge in [-0.15, -0.1) is 5.10 Å². The molecule has 0 unspecified atom stereocenters. The van der Waals surface area contributed by atoms with E-state index in [4.69, 9.17) is 0 Å². The van der Waals surface area contributed by atoms with E-state index in [0.29, 0.717) is 6.54 Å². The maximum absolute atomic E-state index is 12.2. The van der Waals surface area contributed by atoms with E-state index in [1.807, 2.05) is 4.90 Å². The monoisotopic (exact) mass is 331 g/mol. The lowest BCUT2D eigenvalue weighted by Crippen LogP contribution is -2.50. The second kappa shape index (κ2) is 7.05. The molecule has 0 spiro atoms. The molecule has 132 valence electrons. The van der Waals surface area contributed by atoms with Gasteiger partial charge >= 0.3 is 0 Å². The minimum Gasteiger partial charge on any atom is -0.353 e. The van der Waals surface area contributed by atoms with E-state index in [2.05, 4.69) is 52.9 Å². The van der Waals surface area contributed by atoms with E-state index in [9.17, 15) is 4.79 Å². The van der Waals surface area contributed by atoms with Crippen LogP contribution in [0.2, 0.25) is 0 Å². The fraction of sp³-hybridized carbons (Fsp3) is 0.722. The first-order valence-electron chi connectivity index (χ1n) is 9.03. The Labute approximate surface area is 144 Å². The smallest absolute Gasteiger partial charge is 0.236 e. The summed E-state index contributed by atoms with van der Waals surface area (Å²) >= 11 is 0. The van der Waals surface area contributed by atoms with Crippen LogP contribution < -0.4 is 4.90 Å². The average Bonchev–Trinajstić information content (AvgIpc) is 3.09. The lowest BCUT2D eigenvalue weighted by molar-refractivity contribution is -0.131. The zero-order valence-electron chi connectivity index (χ0n) is 15.2. The molecule has 6 heteroatoms. The number of likely N-dealkylation sites (tertiary alicyclic amines) is 1.